The quantitative estimate of drug-likeness (QED) is 0.601. The standard InChI is InChI=1S/C17H21N3O2S2/c1-4-13-11(3)24-15-14(13)16(21)20(9-12-6-5-7-22-12)17(19-15)23-10(2)8-18/h10,12H,4-7,9H2,1-3H3/t10-,12-/m1/s1. The molecule has 1 aliphatic heterocycles. The summed E-state index contributed by atoms with van der Waals surface area (Å²) in [4.78, 5) is 19.8. The molecule has 2 aromatic heterocycles. The Hall–Kier alpha value is -1.36. The van der Waals surface area contributed by atoms with E-state index in [4.69, 9.17) is 15.0 Å². The van der Waals surface area contributed by atoms with Crippen molar-refractivity contribution < 1.29 is 4.74 Å². The predicted molar refractivity (Wildman–Crippen MR) is 97.9 cm³/mol. The van der Waals surface area contributed by atoms with Crippen LogP contribution >= 0.6 is 23.1 Å². The second-order valence-corrected chi connectivity index (χ2v) is 8.52. The smallest absolute Gasteiger partial charge is 0.263 e. The summed E-state index contributed by atoms with van der Waals surface area (Å²) in [5.41, 5.74) is 1.10. The SMILES string of the molecule is CCc1c(C)sc2nc(S[C@H](C)C#N)n(C[C@H]3CCCO3)c(=O)c12. The highest BCUT2D eigenvalue weighted by molar-refractivity contribution is 8.00. The largest absolute Gasteiger partial charge is 0.376 e. The summed E-state index contributed by atoms with van der Waals surface area (Å²) in [6.45, 7) is 7.21. The van der Waals surface area contributed by atoms with E-state index in [1.807, 2.05) is 13.8 Å². The Bertz CT molecular complexity index is 844. The van der Waals surface area contributed by atoms with Crippen molar-refractivity contribution in [3.63, 3.8) is 0 Å². The fourth-order valence-corrected chi connectivity index (χ4v) is 5.04. The first-order valence-corrected chi connectivity index (χ1v) is 9.95. The topological polar surface area (TPSA) is 67.9 Å². The van der Waals surface area contributed by atoms with Crippen LogP contribution in [0.3, 0.4) is 0 Å². The summed E-state index contributed by atoms with van der Waals surface area (Å²) in [6, 6.07) is 2.21. The summed E-state index contributed by atoms with van der Waals surface area (Å²) >= 11 is 2.91. The third-order valence-electron chi connectivity index (χ3n) is 4.31. The molecule has 1 aliphatic rings. The molecule has 7 heteroatoms. The number of thiophene rings is 1. The molecule has 128 valence electrons. The van der Waals surface area contributed by atoms with Gasteiger partial charge in [-0.3, -0.25) is 9.36 Å². The van der Waals surface area contributed by atoms with E-state index in [0.29, 0.717) is 11.7 Å². The van der Waals surface area contributed by atoms with E-state index in [2.05, 4.69) is 13.0 Å². The zero-order valence-corrected chi connectivity index (χ0v) is 15.8. The summed E-state index contributed by atoms with van der Waals surface area (Å²) in [5, 5.41) is 10.2. The van der Waals surface area contributed by atoms with Gasteiger partial charge in [-0.15, -0.1) is 11.3 Å². The van der Waals surface area contributed by atoms with E-state index in [1.165, 1.54) is 11.8 Å². The highest BCUT2D eigenvalue weighted by Gasteiger charge is 2.23. The lowest BCUT2D eigenvalue weighted by Gasteiger charge is -2.16. The Balaban J connectivity index is 2.15. The lowest BCUT2D eigenvalue weighted by molar-refractivity contribution is 0.0937. The van der Waals surface area contributed by atoms with Gasteiger partial charge in [-0.25, -0.2) is 4.98 Å². The van der Waals surface area contributed by atoms with Gasteiger partial charge in [-0.2, -0.15) is 5.26 Å². The number of thioether (sulfide) groups is 1. The molecule has 0 aliphatic carbocycles. The maximum absolute atomic E-state index is 13.2. The average Bonchev–Trinajstić information content (AvgIpc) is 3.17. The zero-order chi connectivity index (χ0) is 17.3. The summed E-state index contributed by atoms with van der Waals surface area (Å²) in [5.74, 6) is 0. The molecule has 2 atom stereocenters. The fraction of sp³-hybridized carbons (Fsp3) is 0.588. The minimum Gasteiger partial charge on any atom is -0.376 e. The lowest BCUT2D eigenvalue weighted by atomic mass is 10.1. The van der Waals surface area contributed by atoms with Gasteiger partial charge in [-0.05, 0) is 38.7 Å². The van der Waals surface area contributed by atoms with Crippen LogP contribution in [-0.2, 0) is 17.7 Å². The molecular formula is C17H21N3O2S2. The van der Waals surface area contributed by atoms with E-state index in [9.17, 15) is 4.79 Å². The molecule has 0 radical (unpaired) electrons. The minimum absolute atomic E-state index is 0.00402. The first-order valence-electron chi connectivity index (χ1n) is 8.25. The number of ether oxygens (including phenoxy) is 1. The van der Waals surface area contributed by atoms with Crippen molar-refractivity contribution in [2.75, 3.05) is 6.61 Å². The zero-order valence-electron chi connectivity index (χ0n) is 14.2. The molecule has 0 aromatic carbocycles. The molecule has 0 amide bonds. The van der Waals surface area contributed by atoms with Gasteiger partial charge < -0.3 is 4.74 Å². The fourth-order valence-electron chi connectivity index (χ4n) is 3.08. The molecule has 0 bridgehead atoms. The van der Waals surface area contributed by atoms with Crippen molar-refractivity contribution in [3.8, 4) is 6.07 Å². The number of hydrogen-bond donors (Lipinski definition) is 0. The van der Waals surface area contributed by atoms with Crippen LogP contribution in [0, 0.1) is 18.3 Å². The monoisotopic (exact) mass is 363 g/mol. The van der Waals surface area contributed by atoms with Crippen LogP contribution in [-0.4, -0.2) is 27.5 Å². The molecule has 1 saturated heterocycles. The molecular weight excluding hydrogens is 342 g/mol. The maximum atomic E-state index is 13.2. The number of nitriles is 1. The van der Waals surface area contributed by atoms with E-state index >= 15 is 0 Å². The van der Waals surface area contributed by atoms with Gasteiger partial charge >= 0.3 is 0 Å². The highest BCUT2D eigenvalue weighted by atomic mass is 32.2. The van der Waals surface area contributed by atoms with Gasteiger partial charge in [0.25, 0.3) is 5.56 Å². The summed E-state index contributed by atoms with van der Waals surface area (Å²) < 4.78 is 7.44. The second-order valence-electron chi connectivity index (χ2n) is 6.00. The molecule has 0 N–H and O–H groups in total. The molecule has 3 rings (SSSR count). The van der Waals surface area contributed by atoms with Crippen LogP contribution in [0.4, 0.5) is 0 Å². The molecule has 0 unspecified atom stereocenters. The van der Waals surface area contributed by atoms with Gasteiger partial charge in [0.15, 0.2) is 5.16 Å². The van der Waals surface area contributed by atoms with Crippen LogP contribution in [0.15, 0.2) is 9.95 Å². The van der Waals surface area contributed by atoms with Crippen LogP contribution in [0.1, 0.15) is 37.1 Å². The molecule has 1 fully saturated rings. The summed E-state index contributed by atoms with van der Waals surface area (Å²) in [7, 11) is 0. The number of aryl methyl sites for hydroxylation is 2. The third kappa shape index (κ3) is 3.23. The van der Waals surface area contributed by atoms with E-state index in [1.54, 1.807) is 15.9 Å². The number of hydrogen-bond acceptors (Lipinski definition) is 6. The number of fused-ring (bicyclic) bond motifs is 1. The highest BCUT2D eigenvalue weighted by Crippen LogP contribution is 2.31. The Labute approximate surface area is 149 Å². The van der Waals surface area contributed by atoms with Gasteiger partial charge in [0.2, 0.25) is 0 Å². The Morgan fingerprint density at radius 1 is 1.58 bits per heavy atom. The average molecular weight is 364 g/mol. The van der Waals surface area contributed by atoms with Crippen molar-refractivity contribution >= 4 is 33.3 Å². The van der Waals surface area contributed by atoms with Crippen molar-refractivity contribution in [2.45, 2.75) is 63.1 Å². The van der Waals surface area contributed by atoms with E-state index < -0.39 is 0 Å². The van der Waals surface area contributed by atoms with Crippen LogP contribution < -0.4 is 5.56 Å². The number of rotatable bonds is 5. The van der Waals surface area contributed by atoms with E-state index in [-0.39, 0.29) is 16.9 Å². The first-order chi connectivity index (χ1) is 11.5. The van der Waals surface area contributed by atoms with Gasteiger partial charge in [0.1, 0.15) is 4.83 Å². The lowest BCUT2D eigenvalue weighted by Crippen LogP contribution is -2.29. The van der Waals surface area contributed by atoms with Crippen molar-refractivity contribution in [3.05, 3.63) is 20.8 Å². The Morgan fingerprint density at radius 3 is 3.00 bits per heavy atom. The number of aromatic nitrogens is 2. The molecule has 5 nitrogen and oxygen atoms in total. The van der Waals surface area contributed by atoms with Gasteiger partial charge in [0, 0.05) is 11.5 Å². The minimum atomic E-state index is -0.253. The molecule has 0 spiro atoms. The van der Waals surface area contributed by atoms with Gasteiger partial charge in [-0.1, -0.05) is 18.7 Å². The van der Waals surface area contributed by atoms with E-state index in [0.717, 1.165) is 46.5 Å². The van der Waals surface area contributed by atoms with Crippen LogP contribution in [0.25, 0.3) is 10.2 Å². The van der Waals surface area contributed by atoms with Crippen molar-refractivity contribution in [1.82, 2.24) is 9.55 Å². The van der Waals surface area contributed by atoms with Crippen LogP contribution in [0.2, 0.25) is 0 Å². The second kappa shape index (κ2) is 7.26. The summed E-state index contributed by atoms with van der Waals surface area (Å²) in [6.07, 6.45) is 2.88. The molecule has 3 heterocycles. The van der Waals surface area contributed by atoms with Crippen molar-refractivity contribution in [2.24, 2.45) is 0 Å². The maximum Gasteiger partial charge on any atom is 0.263 e. The van der Waals surface area contributed by atoms with Crippen LogP contribution in [0.5, 0.6) is 0 Å². The number of nitrogens with zero attached hydrogens (tertiary/aromatic N) is 3. The first kappa shape index (κ1) is 17.5. The normalized spacial score (nSPS) is 18.8. The molecule has 2 aromatic rings. The van der Waals surface area contributed by atoms with Crippen molar-refractivity contribution in [1.29, 1.82) is 5.26 Å². The Kier molecular flexibility index (Phi) is 5.28. The molecule has 0 saturated carbocycles. The predicted octanol–water partition coefficient (Wildman–Crippen LogP) is 3.51. The Morgan fingerprint density at radius 2 is 2.38 bits per heavy atom. The van der Waals surface area contributed by atoms with Gasteiger partial charge in [0.05, 0.1) is 29.4 Å². The molecule has 24 heavy (non-hydrogen) atoms. The third-order valence-corrected chi connectivity index (χ3v) is 6.33.